The van der Waals surface area contributed by atoms with Gasteiger partial charge in [0.25, 0.3) is 5.91 Å². The van der Waals surface area contributed by atoms with Crippen LogP contribution in [0.1, 0.15) is 13.3 Å². The lowest BCUT2D eigenvalue weighted by molar-refractivity contribution is -0.128. The van der Waals surface area contributed by atoms with E-state index in [1.165, 1.54) is 12.0 Å². The molecule has 27 heavy (non-hydrogen) atoms. The summed E-state index contributed by atoms with van der Waals surface area (Å²) in [6, 6.07) is 12.3. The number of ether oxygens (including phenoxy) is 3. The maximum atomic E-state index is 12.7. The summed E-state index contributed by atoms with van der Waals surface area (Å²) in [6.07, 6.45) is -0.0753. The second-order valence-electron chi connectivity index (χ2n) is 6.02. The van der Waals surface area contributed by atoms with Crippen LogP contribution in [0, 0.1) is 0 Å². The van der Waals surface area contributed by atoms with Crippen LogP contribution in [0.5, 0.6) is 17.2 Å². The lowest BCUT2D eigenvalue weighted by Crippen LogP contribution is -2.48. The summed E-state index contributed by atoms with van der Waals surface area (Å²) in [5.41, 5.74) is 1.06. The first kappa shape index (κ1) is 18.6. The molecule has 1 aliphatic heterocycles. The molecule has 0 bridgehead atoms. The smallest absolute Gasteiger partial charge is 0.268 e. The van der Waals surface area contributed by atoms with Gasteiger partial charge in [-0.15, -0.1) is 0 Å². The number of carbonyl (C=O) groups excluding carboxylic acids is 2. The van der Waals surface area contributed by atoms with Crippen LogP contribution in [-0.2, 0) is 9.59 Å². The molecular formula is C20H22N2O5. The Labute approximate surface area is 157 Å². The van der Waals surface area contributed by atoms with E-state index >= 15 is 0 Å². The van der Waals surface area contributed by atoms with Crippen molar-refractivity contribution in [2.24, 2.45) is 0 Å². The molecule has 2 aromatic carbocycles. The monoisotopic (exact) mass is 370 g/mol. The topological polar surface area (TPSA) is 77.1 Å². The molecule has 1 heterocycles. The lowest BCUT2D eigenvalue weighted by atomic mass is 10.1. The van der Waals surface area contributed by atoms with Crippen molar-refractivity contribution in [3.8, 4) is 17.2 Å². The highest BCUT2D eigenvalue weighted by atomic mass is 16.5. The fourth-order valence-corrected chi connectivity index (χ4v) is 2.94. The van der Waals surface area contributed by atoms with Gasteiger partial charge in [0.05, 0.1) is 25.6 Å². The summed E-state index contributed by atoms with van der Waals surface area (Å²) in [7, 11) is 3.06. The number of fused-ring (bicyclic) bond motifs is 1. The van der Waals surface area contributed by atoms with Crippen LogP contribution in [0.3, 0.4) is 0 Å². The number of methoxy groups -OCH3 is 2. The van der Waals surface area contributed by atoms with E-state index in [2.05, 4.69) is 5.32 Å². The van der Waals surface area contributed by atoms with Crippen LogP contribution in [0.2, 0.25) is 0 Å². The lowest BCUT2D eigenvalue weighted by Gasteiger charge is -2.33. The molecule has 0 fully saturated rings. The Hall–Kier alpha value is -3.22. The predicted molar refractivity (Wildman–Crippen MR) is 102 cm³/mol. The van der Waals surface area contributed by atoms with E-state index < -0.39 is 6.10 Å². The van der Waals surface area contributed by atoms with Gasteiger partial charge in [-0.25, -0.2) is 0 Å². The third-order valence-corrected chi connectivity index (χ3v) is 4.32. The zero-order valence-electron chi connectivity index (χ0n) is 15.5. The molecule has 0 saturated carbocycles. The molecule has 1 N–H and O–H groups in total. The molecule has 1 aliphatic rings. The minimum atomic E-state index is -0.598. The van der Waals surface area contributed by atoms with Gasteiger partial charge in [0.2, 0.25) is 5.91 Å². The van der Waals surface area contributed by atoms with Crippen molar-refractivity contribution in [3.63, 3.8) is 0 Å². The molecule has 0 radical (unpaired) electrons. The van der Waals surface area contributed by atoms with Crippen LogP contribution in [0.4, 0.5) is 11.4 Å². The van der Waals surface area contributed by atoms with Crippen LogP contribution < -0.4 is 24.4 Å². The summed E-state index contributed by atoms with van der Waals surface area (Å²) in [5.74, 6) is 1.11. The second kappa shape index (κ2) is 7.99. The van der Waals surface area contributed by atoms with E-state index in [9.17, 15) is 9.59 Å². The van der Waals surface area contributed by atoms with Gasteiger partial charge in [-0.1, -0.05) is 19.1 Å². The Morgan fingerprint density at radius 3 is 2.67 bits per heavy atom. The van der Waals surface area contributed by atoms with Gasteiger partial charge in [-0.05, 0) is 30.7 Å². The van der Waals surface area contributed by atoms with Crippen molar-refractivity contribution >= 4 is 23.2 Å². The number of nitrogens with zero attached hydrogens (tertiary/aromatic N) is 1. The SMILES string of the molecule is CC[C@@H]1Oc2ccccc2N(CC(=O)Nc2cc(OC)ccc2OC)C1=O. The van der Waals surface area contributed by atoms with Gasteiger partial charge in [-0.2, -0.15) is 0 Å². The number of hydrogen-bond donors (Lipinski definition) is 1. The van der Waals surface area contributed by atoms with E-state index in [1.807, 2.05) is 13.0 Å². The van der Waals surface area contributed by atoms with Gasteiger partial charge in [-0.3, -0.25) is 14.5 Å². The predicted octanol–water partition coefficient (Wildman–Crippen LogP) is 2.85. The van der Waals surface area contributed by atoms with E-state index in [1.54, 1.807) is 43.5 Å². The summed E-state index contributed by atoms with van der Waals surface area (Å²) in [5, 5.41) is 2.79. The standard InChI is InChI=1S/C20H22N2O5/c1-4-16-20(24)22(15-7-5-6-8-18(15)27-16)12-19(23)21-14-11-13(25-2)9-10-17(14)26-3/h5-11,16H,4,12H2,1-3H3,(H,21,23)/t16-/m0/s1. The molecule has 7 nitrogen and oxygen atoms in total. The highest BCUT2D eigenvalue weighted by Gasteiger charge is 2.34. The maximum Gasteiger partial charge on any atom is 0.268 e. The highest BCUT2D eigenvalue weighted by molar-refractivity contribution is 6.06. The number of carbonyl (C=O) groups is 2. The van der Waals surface area contributed by atoms with Gasteiger partial charge >= 0.3 is 0 Å². The zero-order valence-corrected chi connectivity index (χ0v) is 15.5. The first-order valence-corrected chi connectivity index (χ1v) is 8.66. The largest absolute Gasteiger partial charge is 0.497 e. The molecule has 7 heteroatoms. The quantitative estimate of drug-likeness (QED) is 0.846. The number of nitrogens with one attached hydrogen (secondary N) is 1. The van der Waals surface area contributed by atoms with Crippen molar-refractivity contribution in [1.29, 1.82) is 0 Å². The summed E-state index contributed by atoms with van der Waals surface area (Å²) in [4.78, 5) is 26.8. The van der Waals surface area contributed by atoms with Crippen LogP contribution >= 0.6 is 0 Å². The van der Waals surface area contributed by atoms with E-state index in [4.69, 9.17) is 14.2 Å². The van der Waals surface area contributed by atoms with E-state index in [0.29, 0.717) is 35.0 Å². The Morgan fingerprint density at radius 1 is 1.19 bits per heavy atom. The molecule has 2 amide bonds. The zero-order chi connectivity index (χ0) is 19.4. The summed E-state index contributed by atoms with van der Waals surface area (Å²) in [6.45, 7) is 1.74. The Kier molecular flexibility index (Phi) is 5.49. The normalized spacial score (nSPS) is 15.6. The van der Waals surface area contributed by atoms with Crippen LogP contribution in [0.25, 0.3) is 0 Å². The van der Waals surface area contributed by atoms with Crippen molar-refractivity contribution in [2.75, 3.05) is 31.0 Å². The van der Waals surface area contributed by atoms with Gasteiger partial charge in [0.15, 0.2) is 6.10 Å². The van der Waals surface area contributed by atoms with Gasteiger partial charge < -0.3 is 19.5 Å². The number of rotatable bonds is 6. The molecule has 0 aliphatic carbocycles. The van der Waals surface area contributed by atoms with Crippen molar-refractivity contribution in [1.82, 2.24) is 0 Å². The molecule has 0 spiro atoms. The van der Waals surface area contributed by atoms with E-state index in [0.717, 1.165) is 0 Å². The van der Waals surface area contributed by atoms with Crippen LogP contribution in [-0.4, -0.2) is 38.7 Å². The second-order valence-corrected chi connectivity index (χ2v) is 6.02. The number of anilines is 2. The minimum absolute atomic E-state index is 0.129. The fraction of sp³-hybridized carbons (Fsp3) is 0.300. The molecule has 0 aromatic heterocycles. The average molecular weight is 370 g/mol. The van der Waals surface area contributed by atoms with Crippen molar-refractivity contribution < 1.29 is 23.8 Å². The number of para-hydroxylation sites is 2. The Bertz CT molecular complexity index is 852. The molecule has 3 rings (SSSR count). The molecular weight excluding hydrogens is 348 g/mol. The molecule has 0 saturated heterocycles. The number of hydrogen-bond acceptors (Lipinski definition) is 5. The van der Waals surface area contributed by atoms with Crippen molar-refractivity contribution in [3.05, 3.63) is 42.5 Å². The minimum Gasteiger partial charge on any atom is -0.497 e. The van der Waals surface area contributed by atoms with Gasteiger partial charge in [0.1, 0.15) is 23.8 Å². The molecule has 2 aromatic rings. The first-order chi connectivity index (χ1) is 13.1. The molecule has 1 atom stereocenters. The molecule has 142 valence electrons. The third kappa shape index (κ3) is 3.81. The first-order valence-electron chi connectivity index (χ1n) is 8.66. The number of amides is 2. The third-order valence-electron chi connectivity index (χ3n) is 4.32. The Morgan fingerprint density at radius 2 is 1.96 bits per heavy atom. The van der Waals surface area contributed by atoms with Crippen LogP contribution in [0.15, 0.2) is 42.5 Å². The highest BCUT2D eigenvalue weighted by Crippen LogP contribution is 2.34. The summed E-state index contributed by atoms with van der Waals surface area (Å²) >= 11 is 0. The van der Waals surface area contributed by atoms with Crippen molar-refractivity contribution in [2.45, 2.75) is 19.4 Å². The summed E-state index contributed by atoms with van der Waals surface area (Å²) < 4.78 is 16.2. The van der Waals surface area contributed by atoms with Gasteiger partial charge in [0, 0.05) is 6.07 Å². The maximum absolute atomic E-state index is 12.7. The Balaban J connectivity index is 1.82. The van der Waals surface area contributed by atoms with E-state index in [-0.39, 0.29) is 18.4 Å². The fourth-order valence-electron chi connectivity index (χ4n) is 2.94. The average Bonchev–Trinajstić information content (AvgIpc) is 2.69. The molecule has 0 unspecified atom stereocenters. The number of benzene rings is 2.